The van der Waals surface area contributed by atoms with E-state index in [0.717, 1.165) is 6.42 Å². The summed E-state index contributed by atoms with van der Waals surface area (Å²) in [6.07, 6.45) is 16.8. The molecule has 0 saturated heterocycles. The highest BCUT2D eigenvalue weighted by molar-refractivity contribution is 5.08. The molecular formula is C11H18. The summed E-state index contributed by atoms with van der Waals surface area (Å²) in [7, 11) is 0. The third-order valence-corrected chi connectivity index (χ3v) is 1.69. The molecule has 0 heteroatoms. The number of hydrogen-bond donors (Lipinski definition) is 0. The van der Waals surface area contributed by atoms with Gasteiger partial charge in [-0.25, -0.2) is 0 Å². The fraction of sp³-hybridized carbons (Fsp3) is 0.636. The highest BCUT2D eigenvalue weighted by Gasteiger charge is 1.85. The highest BCUT2D eigenvalue weighted by Crippen LogP contribution is 2.04. The third kappa shape index (κ3) is 9.30. The topological polar surface area (TPSA) is 0 Å². The summed E-state index contributed by atoms with van der Waals surface area (Å²) in [5, 5.41) is 0. The van der Waals surface area contributed by atoms with Gasteiger partial charge in [0.2, 0.25) is 0 Å². The first kappa shape index (κ1) is 10.3. The number of unbranched alkanes of at least 4 members (excludes halogenated alkanes) is 5. The minimum absolute atomic E-state index is 1.15. The zero-order valence-electron chi connectivity index (χ0n) is 7.47. The SMILES string of the molecule is C#CC=CCCCCCCC. The first-order chi connectivity index (χ1) is 5.41. The Morgan fingerprint density at radius 2 is 1.91 bits per heavy atom. The van der Waals surface area contributed by atoms with E-state index in [1.165, 1.54) is 32.1 Å². The minimum atomic E-state index is 1.15. The molecule has 0 saturated carbocycles. The number of rotatable bonds is 6. The summed E-state index contributed by atoms with van der Waals surface area (Å²) in [5.74, 6) is 2.49. The van der Waals surface area contributed by atoms with Crippen LogP contribution < -0.4 is 0 Å². The Balaban J connectivity index is 2.92. The smallest absolute Gasteiger partial charge is 0.0162 e. The molecule has 0 nitrogen and oxygen atoms in total. The van der Waals surface area contributed by atoms with E-state index in [-0.39, 0.29) is 0 Å². The van der Waals surface area contributed by atoms with Gasteiger partial charge in [-0.15, -0.1) is 6.42 Å². The molecule has 0 amide bonds. The van der Waals surface area contributed by atoms with Gasteiger partial charge < -0.3 is 0 Å². The van der Waals surface area contributed by atoms with E-state index in [0.29, 0.717) is 0 Å². The largest absolute Gasteiger partial charge is 0.115 e. The average molecular weight is 150 g/mol. The van der Waals surface area contributed by atoms with E-state index < -0.39 is 0 Å². The predicted molar refractivity (Wildman–Crippen MR) is 51.3 cm³/mol. The van der Waals surface area contributed by atoms with Gasteiger partial charge in [0.15, 0.2) is 0 Å². The maximum absolute atomic E-state index is 5.05. The van der Waals surface area contributed by atoms with Gasteiger partial charge >= 0.3 is 0 Å². The fourth-order valence-electron chi connectivity index (χ4n) is 1.02. The Bertz CT molecular complexity index is 125. The van der Waals surface area contributed by atoms with Crippen molar-refractivity contribution >= 4 is 0 Å². The second-order valence-electron chi connectivity index (χ2n) is 2.77. The second-order valence-corrected chi connectivity index (χ2v) is 2.77. The average Bonchev–Trinajstić information content (AvgIpc) is 2.03. The summed E-state index contributed by atoms with van der Waals surface area (Å²) in [4.78, 5) is 0. The predicted octanol–water partition coefficient (Wildman–Crippen LogP) is 3.54. The molecule has 11 heavy (non-hydrogen) atoms. The highest BCUT2D eigenvalue weighted by atomic mass is 13.9. The van der Waals surface area contributed by atoms with Crippen LogP contribution in [0, 0.1) is 12.3 Å². The molecule has 0 radical (unpaired) electrons. The number of allylic oxidation sites excluding steroid dienone is 2. The molecule has 62 valence electrons. The summed E-state index contributed by atoms with van der Waals surface area (Å²) in [5.41, 5.74) is 0. The van der Waals surface area contributed by atoms with Crippen LogP contribution in [0.25, 0.3) is 0 Å². The van der Waals surface area contributed by atoms with Crippen molar-refractivity contribution in [3.05, 3.63) is 12.2 Å². The molecule has 0 aliphatic heterocycles. The molecule has 0 N–H and O–H groups in total. The van der Waals surface area contributed by atoms with Crippen molar-refractivity contribution in [3.8, 4) is 12.3 Å². The molecule has 0 aliphatic rings. The first-order valence-corrected chi connectivity index (χ1v) is 4.53. The van der Waals surface area contributed by atoms with Gasteiger partial charge in [0.1, 0.15) is 0 Å². The molecule has 0 aliphatic carbocycles. The molecule has 0 aromatic carbocycles. The number of terminal acetylenes is 1. The quantitative estimate of drug-likeness (QED) is 0.401. The van der Waals surface area contributed by atoms with E-state index in [1.54, 1.807) is 6.08 Å². The first-order valence-electron chi connectivity index (χ1n) is 4.53. The lowest BCUT2D eigenvalue weighted by Gasteiger charge is -1.94. The van der Waals surface area contributed by atoms with Crippen molar-refractivity contribution in [2.45, 2.75) is 45.4 Å². The van der Waals surface area contributed by atoms with Gasteiger partial charge in [0, 0.05) is 0 Å². The van der Waals surface area contributed by atoms with Crippen LogP contribution in [0.4, 0.5) is 0 Å². The maximum Gasteiger partial charge on any atom is -0.0162 e. The lowest BCUT2D eigenvalue weighted by atomic mass is 10.1. The van der Waals surface area contributed by atoms with Crippen LogP contribution in [-0.2, 0) is 0 Å². The van der Waals surface area contributed by atoms with Crippen molar-refractivity contribution in [1.82, 2.24) is 0 Å². The summed E-state index contributed by atoms with van der Waals surface area (Å²) in [6, 6.07) is 0. The number of hydrogen-bond acceptors (Lipinski definition) is 0. The van der Waals surface area contributed by atoms with Gasteiger partial charge in [-0.1, -0.05) is 44.6 Å². The maximum atomic E-state index is 5.05. The van der Waals surface area contributed by atoms with Crippen LogP contribution in [0.1, 0.15) is 45.4 Å². The summed E-state index contributed by atoms with van der Waals surface area (Å²) in [6.45, 7) is 2.23. The van der Waals surface area contributed by atoms with E-state index >= 15 is 0 Å². The molecule has 0 heterocycles. The van der Waals surface area contributed by atoms with Crippen LogP contribution in [-0.4, -0.2) is 0 Å². The Labute approximate surface area is 70.7 Å². The molecule has 0 fully saturated rings. The molecular weight excluding hydrogens is 132 g/mol. The van der Waals surface area contributed by atoms with Crippen LogP contribution >= 0.6 is 0 Å². The van der Waals surface area contributed by atoms with Crippen molar-refractivity contribution < 1.29 is 0 Å². The molecule has 0 unspecified atom stereocenters. The second kappa shape index (κ2) is 9.30. The van der Waals surface area contributed by atoms with Gasteiger partial charge in [-0.3, -0.25) is 0 Å². The Hall–Kier alpha value is -0.700. The zero-order chi connectivity index (χ0) is 8.36. The van der Waals surface area contributed by atoms with E-state index in [9.17, 15) is 0 Å². The van der Waals surface area contributed by atoms with Crippen molar-refractivity contribution in [2.75, 3.05) is 0 Å². The fourth-order valence-corrected chi connectivity index (χ4v) is 1.02. The van der Waals surface area contributed by atoms with Gasteiger partial charge in [-0.2, -0.15) is 0 Å². The van der Waals surface area contributed by atoms with Gasteiger partial charge in [0.25, 0.3) is 0 Å². The normalized spacial score (nSPS) is 10.2. The molecule has 0 aromatic heterocycles. The molecule has 0 atom stereocenters. The van der Waals surface area contributed by atoms with Crippen LogP contribution in [0.2, 0.25) is 0 Å². The minimum Gasteiger partial charge on any atom is -0.115 e. The molecule has 0 aromatic rings. The molecule has 0 rings (SSSR count). The Morgan fingerprint density at radius 1 is 1.18 bits per heavy atom. The van der Waals surface area contributed by atoms with Crippen molar-refractivity contribution in [1.29, 1.82) is 0 Å². The van der Waals surface area contributed by atoms with E-state index in [4.69, 9.17) is 6.42 Å². The van der Waals surface area contributed by atoms with Gasteiger partial charge in [-0.05, 0) is 18.9 Å². The Morgan fingerprint density at radius 3 is 2.55 bits per heavy atom. The lowest BCUT2D eigenvalue weighted by Crippen LogP contribution is -1.75. The molecule has 0 bridgehead atoms. The lowest BCUT2D eigenvalue weighted by molar-refractivity contribution is 0.637. The monoisotopic (exact) mass is 150 g/mol. The van der Waals surface area contributed by atoms with Crippen LogP contribution in [0.5, 0.6) is 0 Å². The Kier molecular flexibility index (Phi) is 8.71. The van der Waals surface area contributed by atoms with E-state index in [2.05, 4.69) is 18.9 Å². The van der Waals surface area contributed by atoms with Crippen molar-refractivity contribution in [2.24, 2.45) is 0 Å². The summed E-state index contributed by atoms with van der Waals surface area (Å²) >= 11 is 0. The zero-order valence-corrected chi connectivity index (χ0v) is 7.47. The standard InChI is InChI=1S/C11H18/c1-3-5-7-9-11-10-8-6-4-2/h1,5,7H,4,6,8-11H2,2H3. The van der Waals surface area contributed by atoms with Crippen molar-refractivity contribution in [3.63, 3.8) is 0 Å². The van der Waals surface area contributed by atoms with E-state index in [1.807, 2.05) is 0 Å². The van der Waals surface area contributed by atoms with Crippen LogP contribution in [0.3, 0.4) is 0 Å². The molecule has 0 spiro atoms. The third-order valence-electron chi connectivity index (χ3n) is 1.69. The van der Waals surface area contributed by atoms with Gasteiger partial charge in [0.05, 0.1) is 0 Å². The van der Waals surface area contributed by atoms with Crippen LogP contribution in [0.15, 0.2) is 12.2 Å². The summed E-state index contributed by atoms with van der Waals surface area (Å²) < 4.78 is 0.